The van der Waals surface area contributed by atoms with Gasteiger partial charge in [0.2, 0.25) is 5.91 Å². The number of para-hydroxylation sites is 1. The third-order valence-electron chi connectivity index (χ3n) is 7.74. The van der Waals surface area contributed by atoms with Gasteiger partial charge in [-0.05, 0) is 81.2 Å². The summed E-state index contributed by atoms with van der Waals surface area (Å²) in [6.07, 6.45) is 4.69. The lowest BCUT2D eigenvalue weighted by atomic mass is 9.88. The summed E-state index contributed by atoms with van der Waals surface area (Å²) in [5.74, 6) is 0.00923. The van der Waals surface area contributed by atoms with Crippen LogP contribution in [0.25, 0.3) is 10.9 Å². The van der Waals surface area contributed by atoms with Crippen LogP contribution in [0.1, 0.15) is 68.2 Å². The summed E-state index contributed by atoms with van der Waals surface area (Å²) in [6.45, 7) is 12.6. The van der Waals surface area contributed by atoms with E-state index < -0.39 is 0 Å². The second kappa shape index (κ2) is 13.8. The van der Waals surface area contributed by atoms with Gasteiger partial charge in [0.15, 0.2) is 0 Å². The van der Waals surface area contributed by atoms with Crippen molar-refractivity contribution in [1.29, 1.82) is 0 Å². The van der Waals surface area contributed by atoms with Crippen LogP contribution in [0.15, 0.2) is 79.0 Å². The molecule has 0 aliphatic heterocycles. The Kier molecular flexibility index (Phi) is 10.2. The Bertz CT molecular complexity index is 1340. The molecule has 0 unspecified atom stereocenters. The molecule has 0 saturated carbocycles. The van der Waals surface area contributed by atoms with Gasteiger partial charge in [-0.1, -0.05) is 85.6 Å². The Balaban J connectivity index is 1.58. The average Bonchev–Trinajstić information content (AvgIpc) is 3.29. The van der Waals surface area contributed by atoms with Crippen molar-refractivity contribution in [1.82, 2.24) is 14.8 Å². The molecule has 0 saturated heterocycles. The Morgan fingerprint density at radius 3 is 2.36 bits per heavy atom. The number of nitrogens with zero attached hydrogens (tertiary/aromatic N) is 2. The van der Waals surface area contributed by atoms with Crippen molar-refractivity contribution >= 4 is 28.4 Å². The molecule has 1 amide bonds. The summed E-state index contributed by atoms with van der Waals surface area (Å²) in [5, 5.41) is 5.17. The molecule has 4 nitrogen and oxygen atoms in total. The van der Waals surface area contributed by atoms with Gasteiger partial charge in [-0.2, -0.15) is 0 Å². The number of benzene rings is 3. The monoisotopic (exact) mass is 543 g/mol. The molecule has 3 aromatic carbocycles. The highest BCUT2D eigenvalue weighted by Gasteiger charge is 2.23. The maximum Gasteiger partial charge on any atom is 0.221 e. The zero-order valence-electron chi connectivity index (χ0n) is 23.8. The lowest BCUT2D eigenvalue weighted by Gasteiger charge is -2.21. The van der Waals surface area contributed by atoms with Gasteiger partial charge in [-0.25, -0.2) is 0 Å². The van der Waals surface area contributed by atoms with Gasteiger partial charge in [-0.3, -0.25) is 4.79 Å². The first kappa shape index (κ1) is 28.9. The molecule has 0 spiro atoms. The van der Waals surface area contributed by atoms with E-state index in [1.165, 1.54) is 27.6 Å². The second-order valence-electron chi connectivity index (χ2n) is 10.7. The lowest BCUT2D eigenvalue weighted by molar-refractivity contribution is -0.121. The third kappa shape index (κ3) is 7.74. The largest absolute Gasteiger partial charge is 0.354 e. The predicted octanol–water partition coefficient (Wildman–Crippen LogP) is 7.80. The Hall–Kier alpha value is -3.08. The molecule has 1 N–H and O–H groups in total. The molecule has 0 aliphatic rings. The average molecular weight is 544 g/mol. The Morgan fingerprint density at radius 1 is 0.974 bits per heavy atom. The van der Waals surface area contributed by atoms with Crippen LogP contribution in [-0.4, -0.2) is 41.1 Å². The number of amides is 1. The van der Waals surface area contributed by atoms with E-state index >= 15 is 0 Å². The minimum Gasteiger partial charge on any atom is -0.354 e. The van der Waals surface area contributed by atoms with Crippen LogP contribution in [0.3, 0.4) is 0 Å². The molecule has 206 valence electrons. The number of aryl methyl sites for hydroxylation is 1. The van der Waals surface area contributed by atoms with Gasteiger partial charge in [0.1, 0.15) is 0 Å². The molecule has 4 rings (SSSR count). The SMILES string of the molecule is CCN(CC)CCC[C@H](C)NC(=O)C[C@@H](c1ccc(Cl)cc1)c1cn(Cc2ccc(C)cc2)c2ccccc12. The highest BCUT2D eigenvalue weighted by Crippen LogP contribution is 2.35. The number of nitrogens with one attached hydrogen (secondary N) is 1. The summed E-state index contributed by atoms with van der Waals surface area (Å²) in [7, 11) is 0. The number of aromatic nitrogens is 1. The van der Waals surface area contributed by atoms with E-state index in [9.17, 15) is 4.79 Å². The molecule has 1 heterocycles. The lowest BCUT2D eigenvalue weighted by Crippen LogP contribution is -2.34. The third-order valence-corrected chi connectivity index (χ3v) is 8.00. The molecule has 39 heavy (non-hydrogen) atoms. The molecular weight excluding hydrogens is 502 g/mol. The van der Waals surface area contributed by atoms with Crippen molar-refractivity contribution in [3.63, 3.8) is 0 Å². The van der Waals surface area contributed by atoms with Crippen molar-refractivity contribution < 1.29 is 4.79 Å². The van der Waals surface area contributed by atoms with Gasteiger partial charge in [0.25, 0.3) is 0 Å². The second-order valence-corrected chi connectivity index (χ2v) is 11.1. The van der Waals surface area contributed by atoms with E-state index in [2.05, 4.69) is 109 Å². The van der Waals surface area contributed by atoms with Crippen molar-refractivity contribution in [2.75, 3.05) is 19.6 Å². The van der Waals surface area contributed by atoms with E-state index in [0.717, 1.165) is 44.6 Å². The molecule has 1 aromatic heterocycles. The number of hydrogen-bond donors (Lipinski definition) is 1. The van der Waals surface area contributed by atoms with Crippen LogP contribution >= 0.6 is 11.6 Å². The number of carbonyl (C=O) groups is 1. The number of hydrogen-bond acceptors (Lipinski definition) is 2. The van der Waals surface area contributed by atoms with E-state index in [1.54, 1.807) is 0 Å². The fourth-order valence-electron chi connectivity index (χ4n) is 5.43. The highest BCUT2D eigenvalue weighted by molar-refractivity contribution is 6.30. The van der Waals surface area contributed by atoms with E-state index in [1.807, 2.05) is 12.1 Å². The Labute approximate surface area is 239 Å². The topological polar surface area (TPSA) is 37.3 Å². The maximum atomic E-state index is 13.4. The fourth-order valence-corrected chi connectivity index (χ4v) is 5.55. The van der Waals surface area contributed by atoms with Crippen LogP contribution < -0.4 is 5.32 Å². The van der Waals surface area contributed by atoms with Crippen LogP contribution in [0.5, 0.6) is 0 Å². The first-order chi connectivity index (χ1) is 18.9. The highest BCUT2D eigenvalue weighted by atomic mass is 35.5. The van der Waals surface area contributed by atoms with Crippen molar-refractivity contribution in [3.05, 3.63) is 106 Å². The zero-order valence-corrected chi connectivity index (χ0v) is 24.5. The van der Waals surface area contributed by atoms with Gasteiger partial charge < -0.3 is 14.8 Å². The minimum absolute atomic E-state index is 0.0747. The Morgan fingerprint density at radius 2 is 1.67 bits per heavy atom. The number of fused-ring (bicyclic) bond motifs is 1. The molecule has 2 atom stereocenters. The minimum atomic E-state index is -0.0747. The van der Waals surface area contributed by atoms with Crippen LogP contribution in [-0.2, 0) is 11.3 Å². The predicted molar refractivity (Wildman–Crippen MR) is 165 cm³/mol. The molecule has 0 bridgehead atoms. The van der Waals surface area contributed by atoms with Crippen molar-refractivity contribution in [2.24, 2.45) is 0 Å². The van der Waals surface area contributed by atoms with Crippen LogP contribution in [0, 0.1) is 6.92 Å². The number of carbonyl (C=O) groups excluding carboxylic acids is 1. The molecule has 0 fully saturated rings. The van der Waals surface area contributed by atoms with E-state index in [0.29, 0.717) is 11.4 Å². The molecule has 0 radical (unpaired) electrons. The normalized spacial score (nSPS) is 13.1. The summed E-state index contributed by atoms with van der Waals surface area (Å²) in [6, 6.07) is 25.3. The van der Waals surface area contributed by atoms with E-state index in [4.69, 9.17) is 11.6 Å². The molecular formula is C34H42ClN3O. The smallest absolute Gasteiger partial charge is 0.221 e. The standard InChI is InChI=1S/C34H42ClN3O/c1-5-37(6-2)21-9-10-26(4)36-34(39)22-31(28-17-19-29(35)20-18-28)32-24-38(33-12-8-7-11-30(32)33)23-27-15-13-25(3)14-16-27/h7-8,11-20,24,26,31H,5-6,9-10,21-23H2,1-4H3,(H,36,39)/t26-,31-/m0/s1. The van der Waals surface area contributed by atoms with Gasteiger partial charge in [0, 0.05) is 47.0 Å². The summed E-state index contributed by atoms with van der Waals surface area (Å²) in [4.78, 5) is 15.8. The zero-order chi connectivity index (χ0) is 27.8. The fraction of sp³-hybridized carbons (Fsp3) is 0.382. The van der Waals surface area contributed by atoms with Crippen molar-refractivity contribution in [2.45, 2.75) is 65.5 Å². The molecule has 4 aromatic rings. The van der Waals surface area contributed by atoms with E-state index in [-0.39, 0.29) is 17.9 Å². The quantitative estimate of drug-likeness (QED) is 0.187. The first-order valence-corrected chi connectivity index (χ1v) is 14.7. The maximum absolute atomic E-state index is 13.4. The summed E-state index contributed by atoms with van der Waals surface area (Å²) >= 11 is 6.24. The van der Waals surface area contributed by atoms with Gasteiger partial charge in [-0.15, -0.1) is 0 Å². The molecule has 0 aliphatic carbocycles. The molecule has 5 heteroatoms. The van der Waals surface area contributed by atoms with Gasteiger partial charge >= 0.3 is 0 Å². The first-order valence-electron chi connectivity index (χ1n) is 14.3. The number of rotatable bonds is 13. The summed E-state index contributed by atoms with van der Waals surface area (Å²) < 4.78 is 2.31. The van der Waals surface area contributed by atoms with Gasteiger partial charge in [0.05, 0.1) is 0 Å². The number of halogens is 1. The van der Waals surface area contributed by atoms with Crippen LogP contribution in [0.2, 0.25) is 5.02 Å². The summed E-state index contributed by atoms with van der Waals surface area (Å²) in [5.41, 5.74) is 5.96. The van der Waals surface area contributed by atoms with Crippen LogP contribution in [0.4, 0.5) is 0 Å². The van der Waals surface area contributed by atoms with Crippen molar-refractivity contribution in [3.8, 4) is 0 Å².